The van der Waals surface area contributed by atoms with Gasteiger partial charge in [-0.2, -0.15) is 0 Å². The number of rotatable bonds is 2. The van der Waals surface area contributed by atoms with E-state index in [1.165, 1.54) is 0 Å². The topological polar surface area (TPSA) is 58.4 Å². The molecule has 1 aromatic carbocycles. The lowest BCUT2D eigenvalue weighted by atomic mass is 10.0. The van der Waals surface area contributed by atoms with Gasteiger partial charge in [0.25, 0.3) is 5.69 Å². The van der Waals surface area contributed by atoms with E-state index in [4.69, 9.17) is 0 Å². The van der Waals surface area contributed by atoms with Crippen LogP contribution in [0.5, 0.6) is 0 Å². The van der Waals surface area contributed by atoms with Gasteiger partial charge in [-0.25, -0.2) is 0 Å². The molecule has 2 aliphatic rings. The number of hydrogen-bond donors (Lipinski definition) is 1. The fourth-order valence-corrected chi connectivity index (χ4v) is 3.24. The molecule has 0 aromatic heterocycles. The van der Waals surface area contributed by atoms with E-state index in [-0.39, 0.29) is 10.6 Å². The first-order valence-electron chi connectivity index (χ1n) is 6.36. The summed E-state index contributed by atoms with van der Waals surface area (Å²) in [5.74, 6) is 1.29. The van der Waals surface area contributed by atoms with E-state index in [2.05, 4.69) is 10.2 Å². The zero-order valence-corrected chi connectivity index (χ0v) is 10.4. The molecule has 0 spiro atoms. The molecule has 18 heavy (non-hydrogen) atoms. The fraction of sp³-hybridized carbons (Fsp3) is 0.538. The summed E-state index contributed by atoms with van der Waals surface area (Å²) in [7, 11) is 0. The van der Waals surface area contributed by atoms with Gasteiger partial charge in [0, 0.05) is 32.2 Å². The lowest BCUT2D eigenvalue weighted by molar-refractivity contribution is -0.384. The van der Waals surface area contributed by atoms with Crippen LogP contribution in [0.1, 0.15) is 5.56 Å². The van der Waals surface area contributed by atoms with Gasteiger partial charge in [0.15, 0.2) is 0 Å². The minimum absolute atomic E-state index is 0.239. The third kappa shape index (κ3) is 1.75. The Labute approximate surface area is 106 Å². The number of aryl methyl sites for hydroxylation is 1. The van der Waals surface area contributed by atoms with Crippen molar-refractivity contribution in [1.82, 2.24) is 5.32 Å². The van der Waals surface area contributed by atoms with Gasteiger partial charge in [-0.05, 0) is 24.3 Å². The first-order chi connectivity index (χ1) is 8.66. The summed E-state index contributed by atoms with van der Waals surface area (Å²) >= 11 is 0. The van der Waals surface area contributed by atoms with Crippen LogP contribution >= 0.6 is 0 Å². The Morgan fingerprint density at radius 1 is 1.33 bits per heavy atom. The van der Waals surface area contributed by atoms with Crippen LogP contribution in [0.4, 0.5) is 11.4 Å². The van der Waals surface area contributed by atoms with Gasteiger partial charge in [-0.3, -0.25) is 10.1 Å². The maximum atomic E-state index is 11.1. The average Bonchev–Trinajstić information content (AvgIpc) is 2.88. The third-order valence-corrected chi connectivity index (χ3v) is 4.12. The molecular formula is C13H17N3O2. The first-order valence-corrected chi connectivity index (χ1v) is 6.36. The molecule has 0 radical (unpaired) electrons. The predicted molar refractivity (Wildman–Crippen MR) is 69.9 cm³/mol. The number of nitro groups is 1. The Balaban J connectivity index is 1.95. The maximum absolute atomic E-state index is 11.1. The van der Waals surface area contributed by atoms with Crippen molar-refractivity contribution in [3.05, 3.63) is 33.9 Å². The van der Waals surface area contributed by atoms with E-state index < -0.39 is 0 Å². The number of benzene rings is 1. The molecule has 1 N–H and O–H groups in total. The molecule has 2 heterocycles. The Morgan fingerprint density at radius 3 is 2.61 bits per heavy atom. The Bertz CT molecular complexity index is 477. The molecule has 0 unspecified atom stereocenters. The van der Waals surface area contributed by atoms with Crippen molar-refractivity contribution >= 4 is 11.4 Å². The molecule has 2 atom stereocenters. The van der Waals surface area contributed by atoms with Crippen LogP contribution in [-0.2, 0) is 0 Å². The molecule has 0 amide bonds. The van der Waals surface area contributed by atoms with Crippen molar-refractivity contribution in [3.63, 3.8) is 0 Å². The van der Waals surface area contributed by atoms with Crippen molar-refractivity contribution in [2.75, 3.05) is 31.1 Å². The number of nitrogens with one attached hydrogen (secondary N) is 1. The highest BCUT2D eigenvalue weighted by atomic mass is 16.6. The summed E-state index contributed by atoms with van der Waals surface area (Å²) in [6.07, 6.45) is 0. The highest BCUT2D eigenvalue weighted by Crippen LogP contribution is 2.37. The van der Waals surface area contributed by atoms with E-state index in [1.807, 2.05) is 13.0 Å². The number of anilines is 1. The molecule has 96 valence electrons. The lowest BCUT2D eigenvalue weighted by Gasteiger charge is -2.21. The Hall–Kier alpha value is -1.62. The van der Waals surface area contributed by atoms with Crippen LogP contribution in [0.2, 0.25) is 0 Å². The zero-order valence-electron chi connectivity index (χ0n) is 10.4. The minimum atomic E-state index is -0.269. The van der Waals surface area contributed by atoms with Gasteiger partial charge in [-0.15, -0.1) is 0 Å². The van der Waals surface area contributed by atoms with Crippen LogP contribution in [0, 0.1) is 28.9 Å². The van der Waals surface area contributed by atoms with Gasteiger partial charge in [-0.1, -0.05) is 12.1 Å². The second-order valence-corrected chi connectivity index (χ2v) is 5.28. The number of nitro benzene ring substituents is 1. The van der Waals surface area contributed by atoms with E-state index in [1.54, 1.807) is 12.1 Å². The van der Waals surface area contributed by atoms with Gasteiger partial charge >= 0.3 is 0 Å². The van der Waals surface area contributed by atoms with Crippen LogP contribution in [0.3, 0.4) is 0 Å². The second kappa shape index (κ2) is 4.24. The predicted octanol–water partition coefficient (Wildman–Crippen LogP) is 1.56. The van der Waals surface area contributed by atoms with Gasteiger partial charge in [0.05, 0.1) is 4.92 Å². The van der Waals surface area contributed by atoms with E-state index in [0.29, 0.717) is 11.8 Å². The monoisotopic (exact) mass is 247 g/mol. The number of nitrogens with zero attached hydrogens (tertiary/aromatic N) is 2. The van der Waals surface area contributed by atoms with Gasteiger partial charge in [0.2, 0.25) is 0 Å². The molecule has 0 saturated carbocycles. The molecular weight excluding hydrogens is 230 g/mol. The second-order valence-electron chi connectivity index (χ2n) is 5.28. The summed E-state index contributed by atoms with van der Waals surface area (Å²) in [5.41, 5.74) is 2.05. The molecule has 0 aliphatic carbocycles. The van der Waals surface area contributed by atoms with Crippen molar-refractivity contribution in [2.45, 2.75) is 6.92 Å². The van der Waals surface area contributed by atoms with E-state index in [9.17, 15) is 10.1 Å². The van der Waals surface area contributed by atoms with Gasteiger partial charge < -0.3 is 10.2 Å². The Kier molecular flexibility index (Phi) is 2.70. The summed E-state index contributed by atoms with van der Waals surface area (Å²) < 4.78 is 0. The number of fused-ring (bicyclic) bond motifs is 1. The molecule has 2 saturated heterocycles. The standard InChI is InChI=1S/C13H17N3O2/c1-9-3-2-4-12(16(17)18)13(9)15-7-10-5-14-6-11(10)8-15/h2-4,10-11,14H,5-8H2,1H3/t10-,11+. The normalized spacial score (nSPS) is 26.4. The summed E-state index contributed by atoms with van der Waals surface area (Å²) in [6, 6.07) is 5.32. The van der Waals surface area contributed by atoms with Crippen molar-refractivity contribution < 1.29 is 4.92 Å². The number of hydrogen-bond acceptors (Lipinski definition) is 4. The van der Waals surface area contributed by atoms with Crippen LogP contribution in [-0.4, -0.2) is 31.1 Å². The quantitative estimate of drug-likeness (QED) is 0.636. The lowest BCUT2D eigenvalue weighted by Crippen LogP contribution is -2.26. The molecule has 5 heteroatoms. The smallest absolute Gasteiger partial charge is 0.292 e. The summed E-state index contributed by atoms with van der Waals surface area (Å²) in [4.78, 5) is 13.1. The molecule has 2 aliphatic heterocycles. The minimum Gasteiger partial charge on any atom is -0.365 e. The van der Waals surface area contributed by atoms with Crippen molar-refractivity contribution in [2.24, 2.45) is 11.8 Å². The van der Waals surface area contributed by atoms with Crippen molar-refractivity contribution in [3.8, 4) is 0 Å². The van der Waals surface area contributed by atoms with Crippen LogP contribution < -0.4 is 10.2 Å². The number of para-hydroxylation sites is 1. The highest BCUT2D eigenvalue weighted by molar-refractivity contribution is 5.68. The molecule has 0 bridgehead atoms. The van der Waals surface area contributed by atoms with E-state index in [0.717, 1.165) is 37.4 Å². The maximum Gasteiger partial charge on any atom is 0.292 e. The van der Waals surface area contributed by atoms with Crippen molar-refractivity contribution in [1.29, 1.82) is 0 Å². The summed E-state index contributed by atoms with van der Waals surface area (Å²) in [5, 5.41) is 14.5. The van der Waals surface area contributed by atoms with Gasteiger partial charge in [0.1, 0.15) is 5.69 Å². The SMILES string of the molecule is Cc1cccc([N+](=O)[O-])c1N1C[C@H]2CNC[C@H]2C1. The fourth-order valence-electron chi connectivity index (χ4n) is 3.24. The van der Waals surface area contributed by atoms with Crippen LogP contribution in [0.15, 0.2) is 18.2 Å². The molecule has 1 aromatic rings. The first kappa shape index (κ1) is 11.5. The summed E-state index contributed by atoms with van der Waals surface area (Å²) in [6.45, 7) is 5.91. The molecule has 5 nitrogen and oxygen atoms in total. The average molecular weight is 247 g/mol. The Morgan fingerprint density at radius 2 is 2.00 bits per heavy atom. The zero-order chi connectivity index (χ0) is 12.7. The molecule has 2 fully saturated rings. The van der Waals surface area contributed by atoms with Crippen LogP contribution in [0.25, 0.3) is 0 Å². The molecule has 3 rings (SSSR count). The largest absolute Gasteiger partial charge is 0.365 e. The van der Waals surface area contributed by atoms with E-state index >= 15 is 0 Å². The third-order valence-electron chi connectivity index (χ3n) is 4.12. The highest BCUT2D eigenvalue weighted by Gasteiger charge is 2.38.